The van der Waals surface area contributed by atoms with E-state index in [4.69, 9.17) is 9.47 Å². The molecule has 1 saturated heterocycles. The molecule has 2 aromatic rings. The fourth-order valence-electron chi connectivity index (χ4n) is 3.62. The maximum atomic E-state index is 13.2. The lowest BCUT2D eigenvalue weighted by atomic mass is 10.0. The Labute approximate surface area is 148 Å². The number of ether oxygens (including phenoxy) is 2. The first kappa shape index (κ1) is 16.4. The van der Waals surface area contributed by atoms with Crippen molar-refractivity contribution in [3.8, 4) is 11.5 Å². The molecule has 0 bridgehead atoms. The Morgan fingerprint density at radius 1 is 1.04 bits per heavy atom. The second-order valence-electron chi connectivity index (χ2n) is 6.44. The van der Waals surface area contributed by atoms with Crippen molar-refractivity contribution < 1.29 is 17.9 Å². The van der Waals surface area contributed by atoms with Crippen molar-refractivity contribution in [2.75, 3.05) is 19.8 Å². The van der Waals surface area contributed by atoms with Crippen LogP contribution in [0.15, 0.2) is 47.4 Å². The molecule has 1 fully saturated rings. The van der Waals surface area contributed by atoms with Gasteiger partial charge in [-0.1, -0.05) is 24.3 Å². The van der Waals surface area contributed by atoms with Crippen LogP contribution in [0.4, 0.5) is 0 Å². The van der Waals surface area contributed by atoms with Gasteiger partial charge in [0.15, 0.2) is 11.5 Å². The molecule has 0 aliphatic carbocycles. The largest absolute Gasteiger partial charge is 0.486 e. The van der Waals surface area contributed by atoms with Gasteiger partial charge in [-0.3, -0.25) is 0 Å². The summed E-state index contributed by atoms with van der Waals surface area (Å²) >= 11 is 0. The van der Waals surface area contributed by atoms with E-state index in [0.717, 1.165) is 24.0 Å². The van der Waals surface area contributed by atoms with Crippen LogP contribution in [0.5, 0.6) is 11.5 Å². The van der Waals surface area contributed by atoms with Crippen molar-refractivity contribution in [3.05, 3.63) is 53.6 Å². The van der Waals surface area contributed by atoms with E-state index in [1.807, 2.05) is 31.2 Å². The lowest BCUT2D eigenvalue weighted by molar-refractivity contribution is 0.171. The minimum atomic E-state index is -3.59. The highest BCUT2D eigenvalue weighted by atomic mass is 32.2. The van der Waals surface area contributed by atoms with Crippen molar-refractivity contribution in [2.24, 2.45) is 0 Å². The summed E-state index contributed by atoms with van der Waals surface area (Å²) in [5.41, 5.74) is 2.21. The summed E-state index contributed by atoms with van der Waals surface area (Å²) in [5, 5.41) is 0. The first-order valence-corrected chi connectivity index (χ1v) is 9.98. The van der Waals surface area contributed by atoms with Gasteiger partial charge < -0.3 is 9.47 Å². The molecular weight excluding hydrogens is 338 g/mol. The van der Waals surface area contributed by atoms with E-state index in [0.29, 0.717) is 31.3 Å². The number of fused-ring (bicyclic) bond motifs is 1. The Balaban J connectivity index is 1.71. The summed E-state index contributed by atoms with van der Waals surface area (Å²) < 4.78 is 39.1. The number of hydrogen-bond donors (Lipinski definition) is 0. The number of nitrogens with zero attached hydrogens (tertiary/aromatic N) is 1. The molecule has 2 aromatic carbocycles. The predicted octanol–water partition coefficient (Wildman–Crippen LogP) is 3.29. The minimum absolute atomic E-state index is 0.112. The summed E-state index contributed by atoms with van der Waals surface area (Å²) in [5.74, 6) is 1.10. The van der Waals surface area contributed by atoms with Gasteiger partial charge in [-0.05, 0) is 43.0 Å². The molecule has 132 valence electrons. The molecule has 1 atom stereocenters. The van der Waals surface area contributed by atoms with Crippen LogP contribution in [-0.4, -0.2) is 32.5 Å². The van der Waals surface area contributed by atoms with E-state index in [9.17, 15) is 8.42 Å². The molecule has 6 heteroatoms. The Morgan fingerprint density at radius 2 is 1.80 bits per heavy atom. The molecule has 0 N–H and O–H groups in total. The zero-order chi connectivity index (χ0) is 17.4. The molecule has 25 heavy (non-hydrogen) atoms. The van der Waals surface area contributed by atoms with Crippen molar-refractivity contribution in [1.29, 1.82) is 0 Å². The van der Waals surface area contributed by atoms with Crippen LogP contribution in [0.1, 0.15) is 30.0 Å². The average molecular weight is 359 g/mol. The topological polar surface area (TPSA) is 55.8 Å². The lowest BCUT2D eigenvalue weighted by Gasteiger charge is -2.26. The van der Waals surface area contributed by atoms with Crippen molar-refractivity contribution in [1.82, 2.24) is 4.31 Å². The van der Waals surface area contributed by atoms with Crippen molar-refractivity contribution >= 4 is 10.0 Å². The molecule has 0 unspecified atom stereocenters. The Hall–Kier alpha value is -2.05. The molecule has 4 rings (SSSR count). The fourth-order valence-corrected chi connectivity index (χ4v) is 5.31. The standard InChI is InChI=1S/C19H21NO4S/c1-14-5-2-3-6-16(14)17-7-4-10-20(17)25(21,22)15-8-9-18-19(13-15)24-12-11-23-18/h2-3,5-6,8-9,13,17H,4,7,10-12H2,1H3/t17-/m1/s1. The van der Waals surface area contributed by atoms with Gasteiger partial charge in [0.2, 0.25) is 10.0 Å². The van der Waals surface area contributed by atoms with E-state index in [-0.39, 0.29) is 10.9 Å². The van der Waals surface area contributed by atoms with Gasteiger partial charge in [0.1, 0.15) is 13.2 Å². The minimum Gasteiger partial charge on any atom is -0.486 e. The first-order valence-electron chi connectivity index (χ1n) is 8.54. The van der Waals surface area contributed by atoms with Gasteiger partial charge in [-0.25, -0.2) is 8.42 Å². The van der Waals surface area contributed by atoms with E-state index < -0.39 is 10.0 Å². The lowest BCUT2D eigenvalue weighted by Crippen LogP contribution is -2.31. The third kappa shape index (κ3) is 2.89. The van der Waals surface area contributed by atoms with Crippen molar-refractivity contribution in [2.45, 2.75) is 30.7 Å². The molecule has 0 radical (unpaired) electrons. The fraction of sp³-hybridized carbons (Fsp3) is 0.368. The van der Waals surface area contributed by atoms with E-state index in [1.165, 1.54) is 0 Å². The Kier molecular flexibility index (Phi) is 4.17. The SMILES string of the molecule is Cc1ccccc1[C@H]1CCCN1S(=O)(=O)c1ccc2c(c1)OCCO2. The molecular formula is C19H21NO4S. The van der Waals surface area contributed by atoms with Crippen molar-refractivity contribution in [3.63, 3.8) is 0 Å². The van der Waals surface area contributed by atoms with Crippen LogP contribution in [0.2, 0.25) is 0 Å². The first-order chi connectivity index (χ1) is 12.1. The van der Waals surface area contributed by atoms with Crippen LogP contribution in [-0.2, 0) is 10.0 Å². The number of hydrogen-bond acceptors (Lipinski definition) is 4. The number of sulfonamides is 1. The maximum absolute atomic E-state index is 13.2. The van der Waals surface area contributed by atoms with Gasteiger partial charge in [0.05, 0.1) is 10.9 Å². The molecule has 0 aromatic heterocycles. The summed E-state index contributed by atoms with van der Waals surface area (Å²) in [4.78, 5) is 0.261. The van der Waals surface area contributed by atoms with Gasteiger partial charge in [0, 0.05) is 12.6 Å². The molecule has 0 amide bonds. The second kappa shape index (κ2) is 6.35. The summed E-state index contributed by atoms with van der Waals surface area (Å²) in [6.45, 7) is 3.49. The zero-order valence-electron chi connectivity index (χ0n) is 14.1. The maximum Gasteiger partial charge on any atom is 0.243 e. The van der Waals surface area contributed by atoms with Crippen LogP contribution < -0.4 is 9.47 Å². The number of benzene rings is 2. The summed E-state index contributed by atoms with van der Waals surface area (Å²) in [6, 6.07) is 12.8. The van der Waals surface area contributed by atoms with Crippen LogP contribution in [0.25, 0.3) is 0 Å². The average Bonchev–Trinajstić information content (AvgIpc) is 3.12. The highest BCUT2D eigenvalue weighted by Crippen LogP contribution is 2.39. The quantitative estimate of drug-likeness (QED) is 0.844. The zero-order valence-corrected chi connectivity index (χ0v) is 15.0. The molecule has 2 heterocycles. The monoisotopic (exact) mass is 359 g/mol. The molecule has 2 aliphatic heterocycles. The van der Waals surface area contributed by atoms with Gasteiger partial charge in [-0.15, -0.1) is 0 Å². The summed E-state index contributed by atoms with van der Waals surface area (Å²) in [7, 11) is -3.59. The van der Waals surface area contributed by atoms with Gasteiger partial charge in [0.25, 0.3) is 0 Å². The molecule has 5 nitrogen and oxygen atoms in total. The highest BCUT2D eigenvalue weighted by molar-refractivity contribution is 7.89. The van der Waals surface area contributed by atoms with Gasteiger partial charge in [-0.2, -0.15) is 4.31 Å². The van der Waals surface area contributed by atoms with E-state index in [2.05, 4.69) is 0 Å². The molecule has 0 spiro atoms. The Morgan fingerprint density at radius 3 is 2.60 bits per heavy atom. The summed E-state index contributed by atoms with van der Waals surface area (Å²) in [6.07, 6.45) is 1.71. The Bertz CT molecular complexity index is 894. The van der Waals surface area contributed by atoms with Crippen LogP contribution >= 0.6 is 0 Å². The van der Waals surface area contributed by atoms with E-state index >= 15 is 0 Å². The van der Waals surface area contributed by atoms with Crippen LogP contribution in [0.3, 0.4) is 0 Å². The normalized spacial score (nSPS) is 20.6. The number of aryl methyl sites for hydroxylation is 1. The molecule has 2 aliphatic rings. The third-order valence-electron chi connectivity index (χ3n) is 4.87. The van der Waals surface area contributed by atoms with Crippen LogP contribution in [0, 0.1) is 6.92 Å². The number of rotatable bonds is 3. The third-order valence-corrected chi connectivity index (χ3v) is 6.78. The van der Waals surface area contributed by atoms with E-state index in [1.54, 1.807) is 22.5 Å². The van der Waals surface area contributed by atoms with Gasteiger partial charge >= 0.3 is 0 Å². The smallest absolute Gasteiger partial charge is 0.243 e. The second-order valence-corrected chi connectivity index (χ2v) is 8.33. The molecule has 0 saturated carbocycles. The predicted molar refractivity (Wildman–Crippen MR) is 94.5 cm³/mol. The highest BCUT2D eigenvalue weighted by Gasteiger charge is 2.37.